The summed E-state index contributed by atoms with van der Waals surface area (Å²) in [5, 5.41) is 13.7. The monoisotopic (exact) mass is 375 g/mol. The number of carbonyl (C=O) groups excluding carboxylic acids is 1. The number of carbonyl (C=O) groups is 1. The highest BCUT2D eigenvalue weighted by atomic mass is 32.2. The van der Waals surface area contributed by atoms with Gasteiger partial charge in [0.15, 0.2) is 0 Å². The van der Waals surface area contributed by atoms with Crippen LogP contribution in [-0.2, 0) is 4.79 Å². The lowest BCUT2D eigenvalue weighted by atomic mass is 10.2. The number of aryl methyl sites for hydroxylation is 1. The van der Waals surface area contributed by atoms with Gasteiger partial charge in [-0.3, -0.25) is 4.79 Å². The molecule has 0 aliphatic heterocycles. The van der Waals surface area contributed by atoms with Crippen LogP contribution in [0.3, 0.4) is 0 Å². The number of rotatable bonds is 5. The van der Waals surface area contributed by atoms with E-state index in [1.165, 1.54) is 4.68 Å². The van der Waals surface area contributed by atoms with Crippen LogP contribution in [0.4, 0.5) is 14.5 Å². The fraction of sp³-hybridized carbons (Fsp3) is 0.176. The van der Waals surface area contributed by atoms with Crippen LogP contribution < -0.4 is 5.32 Å². The molecule has 2 aromatic carbocycles. The van der Waals surface area contributed by atoms with Gasteiger partial charge in [-0.25, -0.2) is 8.78 Å². The van der Waals surface area contributed by atoms with Crippen LogP contribution in [-0.4, -0.2) is 31.4 Å². The number of hydrogen-bond acceptors (Lipinski definition) is 5. The Morgan fingerprint density at radius 3 is 2.65 bits per heavy atom. The molecule has 1 heterocycles. The van der Waals surface area contributed by atoms with E-state index in [1.807, 2.05) is 31.2 Å². The van der Waals surface area contributed by atoms with Crippen molar-refractivity contribution in [3.63, 3.8) is 0 Å². The molecule has 9 heteroatoms. The summed E-state index contributed by atoms with van der Waals surface area (Å²) < 4.78 is 28.4. The molecule has 3 aromatic rings. The maximum absolute atomic E-state index is 13.7. The lowest BCUT2D eigenvalue weighted by molar-refractivity contribution is -0.115. The lowest BCUT2D eigenvalue weighted by Gasteiger charge is -2.12. The minimum absolute atomic E-state index is 0.208. The minimum atomic E-state index is -0.707. The second-order valence-corrected chi connectivity index (χ2v) is 6.89. The van der Waals surface area contributed by atoms with Gasteiger partial charge in [0, 0.05) is 6.07 Å². The number of tetrazole rings is 1. The number of aromatic nitrogens is 4. The van der Waals surface area contributed by atoms with E-state index in [1.54, 1.807) is 6.92 Å². The van der Waals surface area contributed by atoms with Crippen molar-refractivity contribution in [2.75, 3.05) is 5.32 Å². The number of benzene rings is 2. The number of nitrogens with zero attached hydrogens (tertiary/aromatic N) is 4. The topological polar surface area (TPSA) is 72.7 Å². The fourth-order valence-electron chi connectivity index (χ4n) is 2.14. The van der Waals surface area contributed by atoms with Gasteiger partial charge in [-0.1, -0.05) is 29.5 Å². The van der Waals surface area contributed by atoms with Gasteiger partial charge < -0.3 is 5.32 Å². The summed E-state index contributed by atoms with van der Waals surface area (Å²) in [6, 6.07) is 10.5. The Kier molecular flexibility index (Phi) is 5.27. The zero-order valence-corrected chi connectivity index (χ0v) is 14.8. The summed E-state index contributed by atoms with van der Waals surface area (Å²) in [7, 11) is 0. The van der Waals surface area contributed by atoms with Gasteiger partial charge >= 0.3 is 0 Å². The van der Waals surface area contributed by atoms with Crippen molar-refractivity contribution in [2.24, 2.45) is 0 Å². The van der Waals surface area contributed by atoms with Crippen molar-refractivity contribution in [1.29, 1.82) is 0 Å². The zero-order chi connectivity index (χ0) is 18.7. The van der Waals surface area contributed by atoms with Crippen LogP contribution in [0.1, 0.15) is 12.5 Å². The van der Waals surface area contributed by atoms with Crippen LogP contribution >= 0.6 is 11.8 Å². The summed E-state index contributed by atoms with van der Waals surface area (Å²) in [5.74, 6) is -1.83. The SMILES string of the molecule is Cc1ccc(-n2nnnc2S[C@@H](C)C(=O)Nc2cc(F)ccc2F)cc1. The van der Waals surface area contributed by atoms with Crippen LogP contribution in [0.5, 0.6) is 0 Å². The van der Waals surface area contributed by atoms with Gasteiger partial charge in [-0.2, -0.15) is 4.68 Å². The Hall–Kier alpha value is -2.81. The van der Waals surface area contributed by atoms with Crippen molar-refractivity contribution in [1.82, 2.24) is 20.2 Å². The van der Waals surface area contributed by atoms with Crippen molar-refractivity contribution >= 4 is 23.4 Å². The summed E-state index contributed by atoms with van der Waals surface area (Å²) >= 11 is 1.11. The Bertz CT molecular complexity index is 929. The molecule has 0 bridgehead atoms. The first-order valence-electron chi connectivity index (χ1n) is 7.72. The first-order valence-corrected chi connectivity index (χ1v) is 8.60. The van der Waals surface area contributed by atoms with Crippen molar-refractivity contribution in [2.45, 2.75) is 24.3 Å². The number of nitrogens with one attached hydrogen (secondary N) is 1. The van der Waals surface area contributed by atoms with Gasteiger partial charge in [0.25, 0.3) is 0 Å². The van der Waals surface area contributed by atoms with Crippen molar-refractivity contribution in [3.05, 3.63) is 59.7 Å². The van der Waals surface area contributed by atoms with Crippen molar-refractivity contribution < 1.29 is 13.6 Å². The second kappa shape index (κ2) is 7.61. The summed E-state index contributed by atoms with van der Waals surface area (Å²) in [5.41, 5.74) is 1.65. The van der Waals surface area contributed by atoms with Gasteiger partial charge in [0.2, 0.25) is 11.1 Å². The van der Waals surface area contributed by atoms with E-state index in [2.05, 4.69) is 20.8 Å². The molecular weight excluding hydrogens is 360 g/mol. The molecule has 134 valence electrons. The molecule has 1 atom stereocenters. The maximum atomic E-state index is 13.7. The molecule has 0 spiro atoms. The van der Waals surface area contributed by atoms with Gasteiger partial charge in [0.05, 0.1) is 16.6 Å². The first-order chi connectivity index (χ1) is 12.4. The van der Waals surface area contributed by atoms with Gasteiger partial charge in [-0.15, -0.1) is 5.10 Å². The standard InChI is InChI=1S/C17H15F2N5OS/c1-10-3-6-13(7-4-10)24-17(21-22-23-24)26-11(2)16(25)20-15-9-12(18)5-8-14(15)19/h3-9,11H,1-2H3,(H,20,25)/t11-/m0/s1. The molecule has 0 unspecified atom stereocenters. The normalized spacial score (nSPS) is 12.0. The number of thioether (sulfide) groups is 1. The molecule has 6 nitrogen and oxygen atoms in total. The molecule has 0 aliphatic carbocycles. The van der Waals surface area contributed by atoms with E-state index in [0.29, 0.717) is 5.16 Å². The predicted molar refractivity (Wildman–Crippen MR) is 94.2 cm³/mol. The predicted octanol–water partition coefficient (Wildman–Crippen LogP) is 3.37. The molecule has 26 heavy (non-hydrogen) atoms. The maximum Gasteiger partial charge on any atom is 0.237 e. The first kappa shape index (κ1) is 18.0. The third-order valence-electron chi connectivity index (χ3n) is 3.56. The number of halogens is 2. The highest BCUT2D eigenvalue weighted by Gasteiger charge is 2.20. The highest BCUT2D eigenvalue weighted by Crippen LogP contribution is 2.24. The molecule has 1 amide bonds. The van der Waals surface area contributed by atoms with Crippen LogP contribution in [0, 0.1) is 18.6 Å². The smallest absolute Gasteiger partial charge is 0.237 e. The zero-order valence-electron chi connectivity index (χ0n) is 14.0. The number of anilines is 1. The third kappa shape index (κ3) is 4.05. The van der Waals surface area contributed by atoms with E-state index in [0.717, 1.165) is 41.2 Å². The molecule has 0 saturated heterocycles. The summed E-state index contributed by atoms with van der Waals surface area (Å²) in [4.78, 5) is 12.3. The average Bonchev–Trinajstić information content (AvgIpc) is 3.07. The molecule has 0 saturated carbocycles. The summed E-state index contributed by atoms with van der Waals surface area (Å²) in [6.45, 7) is 3.60. The van der Waals surface area contributed by atoms with Crippen LogP contribution in [0.15, 0.2) is 47.6 Å². The Labute approximate surface area is 152 Å². The molecule has 3 rings (SSSR count). The molecular formula is C17H15F2N5OS. The molecule has 0 fully saturated rings. The molecule has 0 radical (unpaired) electrons. The largest absolute Gasteiger partial charge is 0.323 e. The lowest BCUT2D eigenvalue weighted by Crippen LogP contribution is -2.23. The fourth-order valence-corrected chi connectivity index (χ4v) is 2.95. The average molecular weight is 375 g/mol. The number of amides is 1. The molecule has 0 aliphatic rings. The third-order valence-corrected chi connectivity index (χ3v) is 4.59. The van der Waals surface area contributed by atoms with E-state index in [4.69, 9.17) is 0 Å². The quantitative estimate of drug-likeness (QED) is 0.692. The van der Waals surface area contributed by atoms with Crippen molar-refractivity contribution in [3.8, 4) is 5.69 Å². The van der Waals surface area contributed by atoms with Gasteiger partial charge in [-0.05, 0) is 48.5 Å². The van der Waals surface area contributed by atoms with Crippen LogP contribution in [0.2, 0.25) is 0 Å². The Morgan fingerprint density at radius 2 is 1.92 bits per heavy atom. The highest BCUT2D eigenvalue weighted by molar-refractivity contribution is 8.00. The Balaban J connectivity index is 1.73. The van der Waals surface area contributed by atoms with E-state index in [-0.39, 0.29) is 5.69 Å². The van der Waals surface area contributed by atoms with Crippen LogP contribution in [0.25, 0.3) is 5.69 Å². The molecule has 1 aromatic heterocycles. The van der Waals surface area contributed by atoms with E-state index < -0.39 is 22.8 Å². The summed E-state index contributed by atoms with van der Waals surface area (Å²) in [6.07, 6.45) is 0. The van der Waals surface area contributed by atoms with Gasteiger partial charge in [0.1, 0.15) is 11.6 Å². The minimum Gasteiger partial charge on any atom is -0.323 e. The molecule has 1 N–H and O–H groups in total. The second-order valence-electron chi connectivity index (χ2n) is 5.58. The van der Waals surface area contributed by atoms with E-state index in [9.17, 15) is 13.6 Å². The Morgan fingerprint density at radius 1 is 1.19 bits per heavy atom. The number of hydrogen-bond donors (Lipinski definition) is 1. The van der Waals surface area contributed by atoms with E-state index >= 15 is 0 Å².